The van der Waals surface area contributed by atoms with E-state index in [4.69, 9.17) is 20.1 Å². The number of methoxy groups -OCH3 is 1. The van der Waals surface area contributed by atoms with Crippen LogP contribution in [-0.4, -0.2) is 55.2 Å². The number of amides is 2. The van der Waals surface area contributed by atoms with Crippen LogP contribution in [0, 0.1) is 11.7 Å². The summed E-state index contributed by atoms with van der Waals surface area (Å²) in [5.41, 5.74) is 2.89. The van der Waals surface area contributed by atoms with Crippen LogP contribution in [0.5, 0.6) is 23.0 Å². The van der Waals surface area contributed by atoms with Crippen LogP contribution >= 0.6 is 0 Å². The van der Waals surface area contributed by atoms with Crippen LogP contribution in [0.4, 0.5) is 10.1 Å². The number of fused-ring (bicyclic) bond motifs is 1. The molecule has 1 fully saturated rings. The van der Waals surface area contributed by atoms with E-state index in [9.17, 15) is 9.59 Å². The van der Waals surface area contributed by atoms with Gasteiger partial charge in [-0.25, -0.2) is 10.2 Å². The molecule has 1 aliphatic rings. The number of ether oxygens (including phenoxy) is 3. The second-order valence-electron chi connectivity index (χ2n) is 10.9. The van der Waals surface area contributed by atoms with Gasteiger partial charge < -0.3 is 24.8 Å². The van der Waals surface area contributed by atoms with Crippen molar-refractivity contribution < 1.29 is 28.2 Å². The SMILES string of the molecule is CCc1ccccc1CCN(N)C(=O)C(=O)Nc1ccc(Oc2ccnc3cc(OCC4CCNCC4)c(OC)cc23)c(F)c1. The molecule has 4 N–H and O–H groups in total. The molecule has 0 bridgehead atoms. The minimum atomic E-state index is -0.972. The zero-order valence-electron chi connectivity index (χ0n) is 25.5. The standard InChI is InChI=1S/C34H38FN5O5/c1-3-23-6-4-5-7-24(23)13-17-40(36)34(42)33(41)39-25-8-9-30(27(35)18-25)45-29-12-16-38-28-20-32(31(43-2)19-26(28)29)44-21-22-10-14-37-15-11-22/h4-9,12,16,18-20,22,37H,3,10-11,13-15,17,21,36H2,1-2H3,(H,39,41). The number of anilines is 1. The molecule has 0 aliphatic carbocycles. The maximum absolute atomic E-state index is 15.2. The predicted octanol–water partition coefficient (Wildman–Crippen LogP) is 5.00. The number of halogens is 1. The first-order valence-electron chi connectivity index (χ1n) is 15.1. The van der Waals surface area contributed by atoms with E-state index < -0.39 is 17.6 Å². The van der Waals surface area contributed by atoms with Crippen molar-refractivity contribution in [2.45, 2.75) is 32.6 Å². The van der Waals surface area contributed by atoms with Crippen molar-refractivity contribution in [2.24, 2.45) is 11.8 Å². The lowest BCUT2D eigenvalue weighted by atomic mass is 9.99. The van der Waals surface area contributed by atoms with Crippen LogP contribution < -0.4 is 30.7 Å². The quantitative estimate of drug-likeness (QED) is 0.0931. The van der Waals surface area contributed by atoms with Crippen LogP contribution in [0.3, 0.4) is 0 Å². The number of nitrogens with one attached hydrogen (secondary N) is 2. The Hall–Kier alpha value is -4.74. The van der Waals surface area contributed by atoms with E-state index in [1.807, 2.05) is 31.2 Å². The first kappa shape index (κ1) is 31.7. The number of aromatic nitrogens is 1. The van der Waals surface area contributed by atoms with Crippen molar-refractivity contribution in [2.75, 3.05) is 38.7 Å². The molecule has 1 aliphatic heterocycles. The fourth-order valence-corrected chi connectivity index (χ4v) is 5.33. The van der Waals surface area contributed by atoms with E-state index in [2.05, 4.69) is 15.6 Å². The first-order valence-corrected chi connectivity index (χ1v) is 15.1. The van der Waals surface area contributed by atoms with Crippen LogP contribution in [-0.2, 0) is 22.4 Å². The van der Waals surface area contributed by atoms with Crippen LogP contribution in [0.2, 0.25) is 0 Å². The summed E-state index contributed by atoms with van der Waals surface area (Å²) in [4.78, 5) is 29.6. The molecule has 0 atom stereocenters. The number of hydrazine groups is 1. The van der Waals surface area contributed by atoms with Gasteiger partial charge in [-0.2, -0.15) is 0 Å². The zero-order valence-corrected chi connectivity index (χ0v) is 25.5. The molecular weight excluding hydrogens is 577 g/mol. The molecule has 1 saturated heterocycles. The molecule has 0 spiro atoms. The average Bonchev–Trinajstić information content (AvgIpc) is 3.07. The summed E-state index contributed by atoms with van der Waals surface area (Å²) >= 11 is 0. The lowest BCUT2D eigenvalue weighted by Crippen LogP contribution is -2.45. The van der Waals surface area contributed by atoms with Crippen molar-refractivity contribution in [3.63, 3.8) is 0 Å². The van der Waals surface area contributed by atoms with Crippen molar-refractivity contribution in [3.05, 3.63) is 83.8 Å². The second kappa shape index (κ2) is 14.8. The van der Waals surface area contributed by atoms with Crippen molar-refractivity contribution in [3.8, 4) is 23.0 Å². The number of rotatable bonds is 11. The summed E-state index contributed by atoms with van der Waals surface area (Å²) in [5, 5.41) is 7.23. The van der Waals surface area contributed by atoms with Crippen LogP contribution in [0.1, 0.15) is 30.9 Å². The minimum absolute atomic E-state index is 0.0768. The maximum Gasteiger partial charge on any atom is 0.326 e. The Bertz CT molecular complexity index is 1660. The first-order chi connectivity index (χ1) is 21.9. The Balaban J connectivity index is 1.23. The third-order valence-electron chi connectivity index (χ3n) is 7.91. The van der Waals surface area contributed by atoms with Gasteiger partial charge in [-0.3, -0.25) is 19.6 Å². The summed E-state index contributed by atoms with van der Waals surface area (Å²) in [6.07, 6.45) is 5.02. The van der Waals surface area contributed by atoms with Gasteiger partial charge in [-0.05, 0) is 80.1 Å². The van der Waals surface area contributed by atoms with Gasteiger partial charge in [0.25, 0.3) is 0 Å². The molecule has 1 aromatic heterocycles. The number of piperidine rings is 1. The van der Waals surface area contributed by atoms with Gasteiger partial charge in [0, 0.05) is 35.9 Å². The Morgan fingerprint density at radius 3 is 2.53 bits per heavy atom. The van der Waals surface area contributed by atoms with Gasteiger partial charge in [0.15, 0.2) is 23.1 Å². The molecule has 2 heterocycles. The van der Waals surface area contributed by atoms with Gasteiger partial charge in [-0.1, -0.05) is 31.2 Å². The van der Waals surface area contributed by atoms with Gasteiger partial charge in [-0.15, -0.1) is 0 Å². The zero-order chi connectivity index (χ0) is 31.8. The van der Waals surface area contributed by atoms with E-state index in [-0.39, 0.29) is 18.0 Å². The molecule has 4 aromatic rings. The number of carbonyl (C=O) groups excluding carboxylic acids is 2. The Morgan fingerprint density at radius 2 is 1.80 bits per heavy atom. The summed E-state index contributed by atoms with van der Waals surface area (Å²) in [6, 6.07) is 16.9. The van der Waals surface area contributed by atoms with E-state index in [1.54, 1.807) is 31.5 Å². The van der Waals surface area contributed by atoms with E-state index >= 15 is 4.39 Å². The summed E-state index contributed by atoms with van der Waals surface area (Å²) in [5.74, 6) is 5.08. The molecule has 3 aromatic carbocycles. The molecule has 236 valence electrons. The highest BCUT2D eigenvalue weighted by atomic mass is 19.1. The molecule has 10 nitrogen and oxygen atoms in total. The number of nitrogens with two attached hydrogens (primary N) is 1. The number of pyridine rings is 1. The monoisotopic (exact) mass is 615 g/mol. The van der Waals surface area contributed by atoms with Crippen LogP contribution in [0.25, 0.3) is 10.9 Å². The number of nitrogens with zero attached hydrogens (tertiary/aromatic N) is 2. The topological polar surface area (TPSA) is 128 Å². The highest BCUT2D eigenvalue weighted by Gasteiger charge is 2.21. The predicted molar refractivity (Wildman–Crippen MR) is 170 cm³/mol. The number of hydrogen-bond donors (Lipinski definition) is 3. The summed E-state index contributed by atoms with van der Waals surface area (Å²) in [6.45, 7) is 4.74. The van der Waals surface area contributed by atoms with Crippen molar-refractivity contribution >= 4 is 28.4 Å². The fourth-order valence-electron chi connectivity index (χ4n) is 5.33. The highest BCUT2D eigenvalue weighted by molar-refractivity contribution is 6.39. The minimum Gasteiger partial charge on any atom is -0.493 e. The van der Waals surface area contributed by atoms with E-state index in [0.717, 1.165) is 54.6 Å². The summed E-state index contributed by atoms with van der Waals surface area (Å²) in [7, 11) is 1.56. The molecule has 0 radical (unpaired) electrons. The van der Waals surface area contributed by atoms with E-state index in [0.29, 0.717) is 47.1 Å². The third kappa shape index (κ3) is 7.86. The number of aryl methyl sites for hydroxylation is 1. The average molecular weight is 616 g/mol. The molecule has 0 saturated carbocycles. The normalized spacial score (nSPS) is 13.3. The van der Waals surface area contributed by atoms with Crippen molar-refractivity contribution in [1.29, 1.82) is 0 Å². The van der Waals surface area contributed by atoms with E-state index in [1.165, 1.54) is 12.1 Å². The largest absolute Gasteiger partial charge is 0.493 e. The second-order valence-corrected chi connectivity index (χ2v) is 10.9. The van der Waals surface area contributed by atoms with Gasteiger partial charge in [0.1, 0.15) is 5.75 Å². The fraction of sp³-hybridized carbons (Fsp3) is 0.324. The number of hydrogen-bond acceptors (Lipinski definition) is 8. The van der Waals surface area contributed by atoms with Gasteiger partial charge in [0.05, 0.1) is 19.2 Å². The highest BCUT2D eigenvalue weighted by Crippen LogP contribution is 2.38. The lowest BCUT2D eigenvalue weighted by Gasteiger charge is -2.23. The molecule has 2 amide bonds. The van der Waals surface area contributed by atoms with Crippen molar-refractivity contribution in [1.82, 2.24) is 15.3 Å². The third-order valence-corrected chi connectivity index (χ3v) is 7.91. The Labute approximate surface area is 261 Å². The Morgan fingerprint density at radius 1 is 1.02 bits per heavy atom. The number of carbonyl (C=O) groups is 2. The van der Waals surface area contributed by atoms with Gasteiger partial charge in [0.2, 0.25) is 0 Å². The lowest BCUT2D eigenvalue weighted by molar-refractivity contribution is -0.143. The molecule has 5 rings (SSSR count). The molecule has 45 heavy (non-hydrogen) atoms. The maximum atomic E-state index is 15.2. The Kier molecular flexibility index (Phi) is 10.4. The van der Waals surface area contributed by atoms with Crippen LogP contribution in [0.15, 0.2) is 66.9 Å². The molecule has 0 unspecified atom stereocenters. The summed E-state index contributed by atoms with van der Waals surface area (Å²) < 4.78 is 32.8. The van der Waals surface area contributed by atoms with Gasteiger partial charge >= 0.3 is 11.8 Å². The number of benzene rings is 3. The smallest absolute Gasteiger partial charge is 0.326 e. The molecular formula is C34H38FN5O5. The molecule has 11 heteroatoms.